The molecule has 0 amide bonds. The average molecular weight is 656 g/mol. The number of hydrogen-bond donors (Lipinski definition) is 0. The predicted molar refractivity (Wildman–Crippen MR) is 203 cm³/mol. The predicted octanol–water partition coefficient (Wildman–Crippen LogP) is 12.2. The minimum Gasteiger partial charge on any atom is -0.456 e. The fourth-order valence-electron chi connectivity index (χ4n) is 7.35. The van der Waals surface area contributed by atoms with Crippen LogP contribution in [0, 0.1) is 0 Å². The average Bonchev–Trinajstić information content (AvgIpc) is 3.89. The van der Waals surface area contributed by atoms with Gasteiger partial charge in [-0.15, -0.1) is 0 Å². The summed E-state index contributed by atoms with van der Waals surface area (Å²) in [6.07, 6.45) is 0. The van der Waals surface area contributed by atoms with Crippen LogP contribution in [0.1, 0.15) is 0 Å². The first-order chi connectivity index (χ1) is 25.2. The van der Waals surface area contributed by atoms with Crippen molar-refractivity contribution in [3.63, 3.8) is 0 Å². The molecular formula is C45H25N3O3. The largest absolute Gasteiger partial charge is 0.456 e. The van der Waals surface area contributed by atoms with E-state index in [-0.39, 0.29) is 0 Å². The molecule has 0 atom stereocenters. The van der Waals surface area contributed by atoms with Crippen molar-refractivity contribution < 1.29 is 13.3 Å². The molecule has 6 heteroatoms. The number of rotatable bonds is 4. The zero-order valence-corrected chi connectivity index (χ0v) is 27.0. The standard InChI is InChI=1S/C45H25N3O3/c1-2-10-26(11-3-1)43-46-44(28-19-23-40-35(25-28)31-13-5-8-16-37(31)50-40)48-45(47-43)33-21-20-29(41-32-14-6-9-17-38(32)51-42(33)41)27-18-22-39-34(24-27)30-12-4-7-15-36(30)49-39/h1-25H. The maximum absolute atomic E-state index is 6.70. The van der Waals surface area contributed by atoms with Crippen LogP contribution in [-0.2, 0) is 0 Å². The summed E-state index contributed by atoms with van der Waals surface area (Å²) in [4.78, 5) is 15.2. The van der Waals surface area contributed by atoms with E-state index in [1.54, 1.807) is 0 Å². The number of benzene rings is 7. The molecule has 0 bridgehead atoms. The molecule has 238 valence electrons. The Balaban J connectivity index is 1.15. The molecule has 0 radical (unpaired) electrons. The lowest BCUT2D eigenvalue weighted by Crippen LogP contribution is -2.00. The number of nitrogens with zero attached hydrogens (tertiary/aromatic N) is 3. The molecule has 0 aliphatic heterocycles. The Morgan fingerprint density at radius 1 is 0.314 bits per heavy atom. The summed E-state index contributed by atoms with van der Waals surface area (Å²) in [6, 6.07) is 51.1. The monoisotopic (exact) mass is 655 g/mol. The Hall–Kier alpha value is -7.05. The van der Waals surface area contributed by atoms with Crippen LogP contribution in [0.25, 0.3) is 111 Å². The van der Waals surface area contributed by atoms with Gasteiger partial charge in [0.05, 0.1) is 5.56 Å². The molecule has 11 aromatic rings. The Bertz CT molecular complexity index is 3150. The van der Waals surface area contributed by atoms with Crippen molar-refractivity contribution in [1.29, 1.82) is 0 Å². The zero-order valence-electron chi connectivity index (χ0n) is 27.0. The summed E-state index contributed by atoms with van der Waals surface area (Å²) in [5, 5.41) is 6.25. The second-order valence-corrected chi connectivity index (χ2v) is 12.8. The van der Waals surface area contributed by atoms with Gasteiger partial charge in [0, 0.05) is 43.4 Å². The fraction of sp³-hybridized carbons (Fsp3) is 0. The highest BCUT2D eigenvalue weighted by atomic mass is 16.3. The molecule has 4 aromatic heterocycles. The molecule has 0 N–H and O–H groups in total. The van der Waals surface area contributed by atoms with Crippen molar-refractivity contribution in [1.82, 2.24) is 15.0 Å². The van der Waals surface area contributed by atoms with Crippen LogP contribution >= 0.6 is 0 Å². The molecular weight excluding hydrogens is 631 g/mol. The van der Waals surface area contributed by atoms with Crippen LogP contribution in [0.5, 0.6) is 0 Å². The van der Waals surface area contributed by atoms with E-state index in [2.05, 4.69) is 54.6 Å². The Morgan fingerprint density at radius 2 is 0.804 bits per heavy atom. The Kier molecular flexibility index (Phi) is 5.86. The fourth-order valence-corrected chi connectivity index (χ4v) is 7.35. The van der Waals surface area contributed by atoms with Gasteiger partial charge in [-0.3, -0.25) is 0 Å². The number of furan rings is 3. The van der Waals surface area contributed by atoms with Gasteiger partial charge in [-0.2, -0.15) is 0 Å². The van der Waals surface area contributed by atoms with Crippen LogP contribution < -0.4 is 0 Å². The molecule has 51 heavy (non-hydrogen) atoms. The second kappa shape index (κ2) is 10.7. The zero-order chi connectivity index (χ0) is 33.5. The van der Waals surface area contributed by atoms with Gasteiger partial charge in [0.2, 0.25) is 0 Å². The molecule has 11 rings (SSSR count). The van der Waals surface area contributed by atoms with Crippen LogP contribution in [-0.4, -0.2) is 15.0 Å². The van der Waals surface area contributed by atoms with E-state index in [9.17, 15) is 0 Å². The van der Waals surface area contributed by atoms with E-state index in [4.69, 9.17) is 28.2 Å². The topological polar surface area (TPSA) is 78.1 Å². The van der Waals surface area contributed by atoms with E-state index >= 15 is 0 Å². The minimum atomic E-state index is 0.530. The van der Waals surface area contributed by atoms with Crippen molar-refractivity contribution in [2.75, 3.05) is 0 Å². The van der Waals surface area contributed by atoms with Crippen molar-refractivity contribution >= 4 is 65.8 Å². The van der Waals surface area contributed by atoms with E-state index < -0.39 is 0 Å². The minimum absolute atomic E-state index is 0.530. The first-order valence-electron chi connectivity index (χ1n) is 16.8. The molecule has 0 aliphatic rings. The maximum atomic E-state index is 6.70. The van der Waals surface area contributed by atoms with Gasteiger partial charge < -0.3 is 13.3 Å². The highest BCUT2D eigenvalue weighted by Crippen LogP contribution is 2.43. The molecule has 0 spiro atoms. The van der Waals surface area contributed by atoms with Gasteiger partial charge in [0.25, 0.3) is 0 Å². The molecule has 6 nitrogen and oxygen atoms in total. The summed E-state index contributed by atoms with van der Waals surface area (Å²) in [7, 11) is 0. The number of para-hydroxylation sites is 3. The lowest BCUT2D eigenvalue weighted by Gasteiger charge is -2.11. The normalized spacial score (nSPS) is 11.9. The van der Waals surface area contributed by atoms with Gasteiger partial charge >= 0.3 is 0 Å². The lowest BCUT2D eigenvalue weighted by molar-refractivity contribution is 0.668. The lowest BCUT2D eigenvalue weighted by atomic mass is 9.95. The van der Waals surface area contributed by atoms with Crippen molar-refractivity contribution in [2.24, 2.45) is 0 Å². The first-order valence-corrected chi connectivity index (χ1v) is 16.8. The summed E-state index contributed by atoms with van der Waals surface area (Å²) in [5.41, 5.74) is 9.59. The first kappa shape index (κ1) is 27.9. The van der Waals surface area contributed by atoms with Gasteiger partial charge in [-0.1, -0.05) is 97.1 Å². The summed E-state index contributed by atoms with van der Waals surface area (Å²) < 4.78 is 19.0. The highest BCUT2D eigenvalue weighted by Gasteiger charge is 2.21. The number of hydrogen-bond acceptors (Lipinski definition) is 6. The van der Waals surface area contributed by atoms with Gasteiger partial charge in [-0.25, -0.2) is 15.0 Å². The third-order valence-corrected chi connectivity index (χ3v) is 9.76. The third-order valence-electron chi connectivity index (χ3n) is 9.76. The van der Waals surface area contributed by atoms with Crippen LogP contribution in [0.3, 0.4) is 0 Å². The van der Waals surface area contributed by atoms with Gasteiger partial charge in [0.1, 0.15) is 33.5 Å². The molecule has 0 aliphatic carbocycles. The van der Waals surface area contributed by atoms with Crippen molar-refractivity contribution in [3.05, 3.63) is 152 Å². The molecule has 0 saturated carbocycles. The quantitative estimate of drug-likeness (QED) is 0.188. The highest BCUT2D eigenvalue weighted by molar-refractivity contribution is 6.17. The maximum Gasteiger partial charge on any atom is 0.167 e. The SMILES string of the molecule is c1ccc(-c2nc(-c3ccc4oc5ccccc5c4c3)nc(-c3ccc(-c4ccc5oc6ccccc6c5c4)c4c3oc3ccccc34)n2)cc1. The van der Waals surface area contributed by atoms with E-state index in [0.29, 0.717) is 17.5 Å². The van der Waals surface area contributed by atoms with Crippen LogP contribution in [0.15, 0.2) is 165 Å². The van der Waals surface area contributed by atoms with Gasteiger partial charge in [0.15, 0.2) is 17.5 Å². The molecule has 4 heterocycles. The molecule has 0 fully saturated rings. The van der Waals surface area contributed by atoms with E-state index in [1.807, 2.05) is 97.1 Å². The molecule has 0 saturated heterocycles. The van der Waals surface area contributed by atoms with Crippen molar-refractivity contribution in [3.8, 4) is 45.3 Å². The second-order valence-electron chi connectivity index (χ2n) is 12.8. The number of aromatic nitrogens is 3. The van der Waals surface area contributed by atoms with Crippen LogP contribution in [0.4, 0.5) is 0 Å². The molecule has 7 aromatic carbocycles. The summed E-state index contributed by atoms with van der Waals surface area (Å²) in [6.45, 7) is 0. The van der Waals surface area contributed by atoms with Crippen LogP contribution in [0.2, 0.25) is 0 Å². The van der Waals surface area contributed by atoms with Crippen molar-refractivity contribution in [2.45, 2.75) is 0 Å². The smallest absolute Gasteiger partial charge is 0.167 e. The summed E-state index contributed by atoms with van der Waals surface area (Å²) >= 11 is 0. The Labute approximate surface area is 290 Å². The number of fused-ring (bicyclic) bond motifs is 9. The van der Waals surface area contributed by atoms with E-state index in [0.717, 1.165) is 93.6 Å². The van der Waals surface area contributed by atoms with Gasteiger partial charge in [-0.05, 0) is 65.7 Å². The third kappa shape index (κ3) is 4.33. The molecule has 0 unspecified atom stereocenters. The summed E-state index contributed by atoms with van der Waals surface area (Å²) in [5.74, 6) is 1.68. The van der Waals surface area contributed by atoms with E-state index in [1.165, 1.54) is 0 Å². The Morgan fingerprint density at radius 3 is 1.49 bits per heavy atom.